The number of benzene rings is 1. The molecule has 0 radical (unpaired) electrons. The molecule has 0 amide bonds. The predicted octanol–water partition coefficient (Wildman–Crippen LogP) is 7.87. The summed E-state index contributed by atoms with van der Waals surface area (Å²) in [7, 11) is 0. The second-order valence-corrected chi connectivity index (χ2v) is 8.99. The third kappa shape index (κ3) is 10.7. The Labute approximate surface area is 199 Å². The molecule has 1 aromatic heterocycles. The zero-order chi connectivity index (χ0) is 23.7. The molecule has 2 aromatic rings. The third-order valence-electron chi connectivity index (χ3n) is 6.21. The molecule has 0 saturated heterocycles. The van der Waals surface area contributed by atoms with E-state index in [0.717, 1.165) is 51.4 Å². The second-order valence-electron chi connectivity index (χ2n) is 8.99. The summed E-state index contributed by atoms with van der Waals surface area (Å²) < 4.78 is 1.75. The van der Waals surface area contributed by atoms with Gasteiger partial charge < -0.3 is 9.67 Å². The third-order valence-corrected chi connectivity index (χ3v) is 6.21. The lowest BCUT2D eigenvalue weighted by Gasteiger charge is -2.06. The molecule has 0 unspecified atom stereocenters. The molecule has 1 heterocycles. The lowest BCUT2D eigenvalue weighted by molar-refractivity contribution is 0.0684. The molecule has 1 aromatic carbocycles. The number of carboxylic acids is 1. The number of ketones is 1. The molecule has 0 aliphatic rings. The van der Waals surface area contributed by atoms with Gasteiger partial charge >= 0.3 is 5.97 Å². The summed E-state index contributed by atoms with van der Waals surface area (Å²) in [5.74, 6) is -0.903. The Morgan fingerprint density at radius 1 is 0.848 bits per heavy atom. The van der Waals surface area contributed by atoms with Crippen molar-refractivity contribution in [3.8, 4) is 0 Å². The van der Waals surface area contributed by atoms with E-state index in [1.807, 2.05) is 12.1 Å². The first-order valence-corrected chi connectivity index (χ1v) is 12.7. The Morgan fingerprint density at radius 3 is 2.18 bits per heavy atom. The van der Waals surface area contributed by atoms with Gasteiger partial charge in [0.1, 0.15) is 5.69 Å². The van der Waals surface area contributed by atoms with Gasteiger partial charge in [0.2, 0.25) is 0 Å². The highest BCUT2D eigenvalue weighted by molar-refractivity contribution is 5.98. The number of hydrogen-bond acceptors (Lipinski definition) is 2. The van der Waals surface area contributed by atoms with E-state index in [2.05, 4.69) is 30.8 Å². The molecule has 0 aliphatic carbocycles. The summed E-state index contributed by atoms with van der Waals surface area (Å²) in [6.45, 7) is 4.39. The Balaban J connectivity index is 1.66. The van der Waals surface area contributed by atoms with Gasteiger partial charge in [0.05, 0.1) is 0 Å². The van der Waals surface area contributed by atoms with Crippen molar-refractivity contribution in [3.05, 3.63) is 72.1 Å². The van der Waals surface area contributed by atoms with Crippen molar-refractivity contribution in [2.75, 3.05) is 0 Å². The van der Waals surface area contributed by atoms with Crippen LogP contribution >= 0.6 is 0 Å². The van der Waals surface area contributed by atoms with Gasteiger partial charge in [-0.2, -0.15) is 0 Å². The Hall–Kier alpha value is -2.62. The summed E-state index contributed by atoms with van der Waals surface area (Å²) in [5, 5.41) is 9.54. The Morgan fingerprint density at radius 2 is 1.48 bits per heavy atom. The minimum atomic E-state index is -0.962. The highest BCUT2D eigenvalue weighted by atomic mass is 16.4. The largest absolute Gasteiger partial charge is 0.477 e. The smallest absolute Gasteiger partial charge is 0.352 e. The normalized spacial score (nSPS) is 10.9. The maximum absolute atomic E-state index is 12.6. The van der Waals surface area contributed by atoms with Crippen molar-refractivity contribution in [2.45, 2.75) is 96.4 Å². The monoisotopic (exact) mass is 451 g/mol. The molecule has 4 nitrogen and oxygen atoms in total. The highest BCUT2D eigenvalue weighted by Crippen LogP contribution is 2.16. The van der Waals surface area contributed by atoms with Gasteiger partial charge in [0.25, 0.3) is 0 Å². The summed E-state index contributed by atoms with van der Waals surface area (Å²) >= 11 is 0. The fourth-order valence-electron chi connectivity index (χ4n) is 4.24. The number of nitrogens with zero attached hydrogens (tertiary/aromatic N) is 1. The van der Waals surface area contributed by atoms with Gasteiger partial charge in [-0.05, 0) is 50.2 Å². The van der Waals surface area contributed by atoms with Crippen LogP contribution in [0, 0.1) is 0 Å². The number of Topliss-reactive ketones (excluding diaryl/α,β-unsaturated/α-hetero) is 1. The molecule has 1 N–H and O–H groups in total. The summed E-state index contributed by atoms with van der Waals surface area (Å²) in [4.78, 5) is 24.2. The lowest BCUT2D eigenvalue weighted by Crippen LogP contribution is -2.07. The molecule has 0 bridgehead atoms. The number of carbonyl (C=O) groups is 2. The number of allylic oxidation sites excluding steroid dienone is 1. The van der Waals surface area contributed by atoms with Crippen LogP contribution in [0.5, 0.6) is 0 Å². The number of rotatable bonds is 19. The zero-order valence-corrected chi connectivity index (χ0v) is 20.1. The van der Waals surface area contributed by atoms with Gasteiger partial charge in [-0.15, -0.1) is 6.58 Å². The standard InChI is InChI=1S/C29H41NO3/c1-2-3-4-5-6-7-10-16-21-28(31)26-23-27(29(32)33)30(24-26)22-17-11-8-9-13-18-25-19-14-12-15-20-25/h2,12,14-15,19-20,23-24H,1,3-11,13,16-18,21-22H2,(H,32,33). The minimum absolute atomic E-state index is 0.0591. The first-order chi connectivity index (χ1) is 16.1. The van der Waals surface area contributed by atoms with E-state index in [1.54, 1.807) is 16.8 Å². The fraction of sp³-hybridized carbons (Fsp3) is 0.517. The van der Waals surface area contributed by atoms with Crippen molar-refractivity contribution in [2.24, 2.45) is 0 Å². The molecule has 0 saturated carbocycles. The van der Waals surface area contributed by atoms with Gasteiger partial charge in [-0.25, -0.2) is 4.79 Å². The first kappa shape index (κ1) is 26.6. The summed E-state index contributed by atoms with van der Waals surface area (Å²) in [6, 6.07) is 12.1. The van der Waals surface area contributed by atoms with Crippen LogP contribution in [0.2, 0.25) is 0 Å². The molecule has 33 heavy (non-hydrogen) atoms. The molecule has 180 valence electrons. The van der Waals surface area contributed by atoms with Crippen LogP contribution in [0.25, 0.3) is 0 Å². The van der Waals surface area contributed by atoms with Crippen LogP contribution in [0.4, 0.5) is 0 Å². The Kier molecular flexibility index (Phi) is 13.0. The van der Waals surface area contributed by atoms with Crippen LogP contribution < -0.4 is 0 Å². The van der Waals surface area contributed by atoms with Crippen LogP contribution in [0.15, 0.2) is 55.3 Å². The summed E-state index contributed by atoms with van der Waals surface area (Å²) in [6.07, 6.45) is 18.6. The molecular weight excluding hydrogens is 410 g/mol. The molecule has 4 heteroatoms. The SMILES string of the molecule is C=CCCCCCCCCC(=O)c1cc(C(=O)O)n(CCCCCCCc2ccccc2)c1. The van der Waals surface area contributed by atoms with Crippen LogP contribution in [0.1, 0.15) is 110 Å². The average Bonchev–Trinajstić information content (AvgIpc) is 3.25. The number of carbonyl (C=O) groups excluding carboxylic acids is 1. The van der Waals surface area contributed by atoms with Crippen molar-refractivity contribution in [3.63, 3.8) is 0 Å². The summed E-state index contributed by atoms with van der Waals surface area (Å²) in [5.41, 5.74) is 2.16. The highest BCUT2D eigenvalue weighted by Gasteiger charge is 2.16. The van der Waals surface area contributed by atoms with Crippen LogP contribution in [0.3, 0.4) is 0 Å². The maximum atomic E-state index is 12.6. The topological polar surface area (TPSA) is 59.3 Å². The molecule has 0 aliphatic heterocycles. The van der Waals surface area contributed by atoms with Gasteiger partial charge in [-0.1, -0.05) is 81.4 Å². The van der Waals surface area contributed by atoms with Crippen molar-refractivity contribution in [1.82, 2.24) is 4.57 Å². The maximum Gasteiger partial charge on any atom is 0.352 e. The fourth-order valence-corrected chi connectivity index (χ4v) is 4.24. The van der Waals surface area contributed by atoms with Gasteiger partial charge in [0, 0.05) is 24.7 Å². The number of aryl methyl sites for hydroxylation is 2. The second kappa shape index (κ2) is 16.1. The number of aromatic nitrogens is 1. The molecule has 0 fully saturated rings. The number of aromatic carboxylic acids is 1. The van der Waals surface area contributed by atoms with Gasteiger partial charge in [-0.3, -0.25) is 4.79 Å². The predicted molar refractivity (Wildman–Crippen MR) is 136 cm³/mol. The minimum Gasteiger partial charge on any atom is -0.477 e. The number of unbranched alkanes of at least 4 members (excludes halogenated alkanes) is 10. The van der Waals surface area contributed by atoms with E-state index in [1.165, 1.54) is 37.7 Å². The van der Waals surface area contributed by atoms with Crippen LogP contribution in [-0.2, 0) is 13.0 Å². The zero-order valence-electron chi connectivity index (χ0n) is 20.1. The van der Waals surface area contributed by atoms with Crippen molar-refractivity contribution >= 4 is 11.8 Å². The van der Waals surface area contributed by atoms with E-state index in [-0.39, 0.29) is 11.5 Å². The van der Waals surface area contributed by atoms with E-state index in [9.17, 15) is 14.7 Å². The molecule has 0 atom stereocenters. The molecule has 0 spiro atoms. The molecule has 2 rings (SSSR count). The van der Waals surface area contributed by atoms with E-state index >= 15 is 0 Å². The number of carboxylic acid groups (broad SMARTS) is 1. The Bertz CT molecular complexity index is 838. The average molecular weight is 452 g/mol. The van der Waals surface area contributed by atoms with Gasteiger partial charge in [0.15, 0.2) is 5.78 Å². The lowest BCUT2D eigenvalue weighted by atomic mass is 10.0. The molecular formula is C29H41NO3. The van der Waals surface area contributed by atoms with Crippen molar-refractivity contribution in [1.29, 1.82) is 0 Å². The van der Waals surface area contributed by atoms with E-state index < -0.39 is 5.97 Å². The van der Waals surface area contributed by atoms with Crippen molar-refractivity contribution < 1.29 is 14.7 Å². The van der Waals surface area contributed by atoms with E-state index in [0.29, 0.717) is 18.5 Å². The van der Waals surface area contributed by atoms with Crippen LogP contribution in [-0.4, -0.2) is 21.4 Å². The van der Waals surface area contributed by atoms with E-state index in [4.69, 9.17) is 0 Å². The number of hydrogen-bond donors (Lipinski definition) is 1. The first-order valence-electron chi connectivity index (χ1n) is 12.7. The quantitative estimate of drug-likeness (QED) is 0.134.